The topological polar surface area (TPSA) is 0 Å². The van der Waals surface area contributed by atoms with Crippen molar-refractivity contribution in [3.05, 3.63) is 226 Å². The van der Waals surface area contributed by atoms with Crippen LogP contribution in [0, 0.1) is 202 Å². The maximum absolute atomic E-state index is 11.9. The Morgan fingerprint density at radius 1 is 0.429 bits per heavy atom. The van der Waals surface area contributed by atoms with Gasteiger partial charge in [0.2, 0.25) is 0 Å². The number of benzene rings is 1. The molecule has 0 atom stereocenters. The molecule has 0 amide bonds. The predicted molar refractivity (Wildman–Crippen MR) is 158 cm³/mol. The van der Waals surface area contributed by atoms with E-state index in [0.717, 1.165) is 0 Å². The van der Waals surface area contributed by atoms with Crippen molar-refractivity contribution in [3.63, 3.8) is 0 Å². The van der Waals surface area contributed by atoms with E-state index in [0.29, 0.717) is 0 Å². The smallest absolute Gasteiger partial charge is 0.284 e. The number of hydrogen-bond acceptors (Lipinski definition) is 0. The Labute approximate surface area is 309 Å². The average Bonchev–Trinajstić information content (AvgIpc) is 3.81. The molecule has 0 spiro atoms. The van der Waals surface area contributed by atoms with Crippen molar-refractivity contribution in [3.8, 4) is 0 Å². The molecule has 42 heavy (non-hydrogen) atoms. The third-order valence-corrected chi connectivity index (χ3v) is 7.49. The Kier molecular flexibility index (Phi) is 34.5. The molecule has 0 unspecified atom stereocenters. The molecular formula is C36H31AuFFe3P. The molecule has 0 heterocycles. The molecule has 0 aliphatic heterocycles. The van der Waals surface area contributed by atoms with Gasteiger partial charge in [0.25, 0.3) is 0 Å². The maximum atomic E-state index is 11.9. The van der Waals surface area contributed by atoms with Crippen molar-refractivity contribution < 1.29 is 78.0 Å². The summed E-state index contributed by atoms with van der Waals surface area (Å²) in [4.78, 5) is 0. The van der Waals surface area contributed by atoms with Crippen LogP contribution < -0.4 is 0 Å². The second kappa shape index (κ2) is 31.5. The van der Waals surface area contributed by atoms with E-state index in [1.807, 2.05) is 96.3 Å². The molecule has 1 aromatic rings. The molecule has 30 radical (unpaired) electrons. The van der Waals surface area contributed by atoms with Crippen LogP contribution in [0.1, 0.15) is 0 Å². The maximum Gasteiger partial charge on any atom is 1.00 e. The molecule has 0 nitrogen and oxygen atoms in total. The minimum atomic E-state index is -0.335. The number of halogens is 1. The zero-order valence-corrected chi connectivity index (χ0v) is 29.0. The van der Waals surface area contributed by atoms with Gasteiger partial charge in [0.15, 0.2) is 0 Å². The Morgan fingerprint density at radius 3 is 0.857 bits per heavy atom. The molecule has 6 fully saturated rings. The number of hydrogen-bond donors (Lipinski definition) is 0. The van der Waals surface area contributed by atoms with Crippen molar-refractivity contribution in [1.29, 1.82) is 0 Å². The van der Waals surface area contributed by atoms with Gasteiger partial charge in [0, 0.05) is 74.0 Å². The van der Waals surface area contributed by atoms with E-state index < -0.39 is 0 Å². The first-order valence-electron chi connectivity index (χ1n) is 12.4. The standard InChI is InChI=1S/C15H12P.C6H4F.3C5H5.Au.3Fe/c1-2-8-13(7-1)16(14-9-3-4-10-14)15-11-5-6-12-15;7-6-4-2-1-3-5-6;3*1-2-4-5-3-1;;;;/h1-12H;1-2,4-5H;3*1-5H;;;;/q;-1;;;;+1;;;. The van der Waals surface area contributed by atoms with Gasteiger partial charge in [-0.15, -0.1) is 12.1 Å². The van der Waals surface area contributed by atoms with Gasteiger partial charge >= 0.3 is 22.4 Å². The van der Waals surface area contributed by atoms with Gasteiger partial charge in [0.05, 0.1) is 0 Å². The van der Waals surface area contributed by atoms with Crippen molar-refractivity contribution in [2.24, 2.45) is 0 Å². The first-order valence-corrected chi connectivity index (χ1v) is 13.8. The average molecular weight is 878 g/mol. The first kappa shape index (κ1) is 46.0. The minimum Gasteiger partial charge on any atom is -0.284 e. The third-order valence-electron chi connectivity index (χ3n) is 5.05. The molecular weight excluding hydrogens is 847 g/mol. The summed E-state index contributed by atoms with van der Waals surface area (Å²) in [6.45, 7) is 0. The van der Waals surface area contributed by atoms with Crippen LogP contribution >= 0.6 is 7.92 Å². The SMILES string of the molecule is Fc1c[c-]ccc1.[Au+].[CH]1[CH][CH][CH][CH]1.[CH]1[CH][CH][CH][CH]1.[CH]1[CH][CH][CH][CH]1.[CH]1[CH][CH][C](P([C]2[CH][CH][CH][CH]2)[C]2[CH][CH][CH][CH]2)[CH]1.[Fe].[Fe].[Fe]. The van der Waals surface area contributed by atoms with Crippen LogP contribution in [0.2, 0.25) is 0 Å². The van der Waals surface area contributed by atoms with Crippen LogP contribution in [-0.4, -0.2) is 0 Å². The van der Waals surface area contributed by atoms with E-state index in [1.165, 1.54) is 29.1 Å². The van der Waals surface area contributed by atoms with Crippen molar-refractivity contribution >= 4 is 7.92 Å². The van der Waals surface area contributed by atoms with E-state index in [1.54, 1.807) is 12.1 Å². The van der Waals surface area contributed by atoms with E-state index in [-0.39, 0.29) is 87.3 Å². The molecule has 6 aliphatic carbocycles. The molecule has 7 rings (SSSR count). The van der Waals surface area contributed by atoms with Crippen LogP contribution in [0.25, 0.3) is 0 Å². The van der Waals surface area contributed by atoms with Gasteiger partial charge in [-0.25, -0.2) is 0 Å². The Balaban J connectivity index is 0. The number of rotatable bonds is 3. The fourth-order valence-corrected chi connectivity index (χ4v) is 5.62. The molecule has 6 heteroatoms. The minimum absolute atomic E-state index is 0. The van der Waals surface area contributed by atoms with Gasteiger partial charge in [-0.05, 0) is 173 Å². The largest absolute Gasteiger partial charge is 1.00 e. The Bertz CT molecular complexity index is 568. The fourth-order valence-electron chi connectivity index (χ4n) is 3.32. The molecule has 222 valence electrons. The summed E-state index contributed by atoms with van der Waals surface area (Å²) < 4.78 is 11.9. The van der Waals surface area contributed by atoms with Crippen LogP contribution in [-0.2, 0) is 73.6 Å². The molecule has 6 saturated carbocycles. The van der Waals surface area contributed by atoms with Crippen molar-refractivity contribution in [2.45, 2.75) is 0 Å². The second-order valence-electron chi connectivity index (χ2n) is 7.87. The molecule has 0 saturated heterocycles. The summed E-state index contributed by atoms with van der Waals surface area (Å²) >= 11 is 0. The molecule has 6 aliphatic rings. The molecule has 0 aromatic heterocycles. The van der Waals surface area contributed by atoms with Crippen molar-refractivity contribution in [2.75, 3.05) is 0 Å². The summed E-state index contributed by atoms with van der Waals surface area (Å²) in [7, 11) is -0.335. The predicted octanol–water partition coefficient (Wildman–Crippen LogP) is 8.24. The zero-order chi connectivity index (χ0) is 26.5. The van der Waals surface area contributed by atoms with Crippen LogP contribution in [0.3, 0.4) is 0 Å². The van der Waals surface area contributed by atoms with Crippen molar-refractivity contribution in [1.82, 2.24) is 0 Å². The fraction of sp³-hybridized carbons (Fsp3) is 0. The van der Waals surface area contributed by atoms with E-state index in [9.17, 15) is 4.39 Å². The summed E-state index contributed by atoms with van der Waals surface area (Å²) in [6, 6.07) is 8.53. The summed E-state index contributed by atoms with van der Waals surface area (Å²) in [5.41, 5.74) is 4.31. The zero-order valence-electron chi connectivity index (χ0n) is 22.6. The van der Waals surface area contributed by atoms with Gasteiger partial charge < -0.3 is 0 Å². The normalized spacial score (nSPS) is 21.4. The summed E-state index contributed by atoms with van der Waals surface area (Å²) in [5.74, 6) is -0.234. The van der Waals surface area contributed by atoms with E-state index in [2.05, 4.69) is 83.1 Å². The Hall–Kier alpha value is 1.88. The van der Waals surface area contributed by atoms with Crippen LogP contribution in [0.4, 0.5) is 4.39 Å². The third kappa shape index (κ3) is 20.9. The molecule has 0 N–H and O–H groups in total. The Morgan fingerprint density at radius 2 is 0.690 bits per heavy atom. The molecule has 0 bridgehead atoms. The van der Waals surface area contributed by atoms with Crippen LogP contribution in [0.5, 0.6) is 0 Å². The molecule has 1 aromatic carbocycles. The van der Waals surface area contributed by atoms with Gasteiger partial charge in [0.1, 0.15) is 0 Å². The second-order valence-corrected chi connectivity index (χ2v) is 10.1. The monoisotopic (exact) mass is 878 g/mol. The van der Waals surface area contributed by atoms with E-state index in [4.69, 9.17) is 0 Å². The quantitative estimate of drug-likeness (QED) is 0.163. The summed E-state index contributed by atoms with van der Waals surface area (Å²) in [6.07, 6.45) is 56.1. The first-order chi connectivity index (χ1) is 18.8. The van der Waals surface area contributed by atoms with E-state index >= 15 is 0 Å². The van der Waals surface area contributed by atoms with Gasteiger partial charge in [-0.1, -0.05) is 7.92 Å². The van der Waals surface area contributed by atoms with Gasteiger partial charge in [-0.2, -0.15) is 18.2 Å². The van der Waals surface area contributed by atoms with Gasteiger partial charge in [-0.3, -0.25) is 4.39 Å². The van der Waals surface area contributed by atoms with Crippen LogP contribution in [0.15, 0.2) is 24.3 Å². The summed E-state index contributed by atoms with van der Waals surface area (Å²) in [5, 5.41) is 0.